The number of fused-ring (bicyclic) bond motifs is 2. The van der Waals surface area contributed by atoms with Gasteiger partial charge in [-0.25, -0.2) is 4.79 Å². The summed E-state index contributed by atoms with van der Waals surface area (Å²) < 4.78 is 0. The number of rotatable bonds is 5. The number of nitrogens with zero attached hydrogens (tertiary/aromatic N) is 1. The Bertz CT molecular complexity index is 954. The number of aliphatic hydroxyl groups is 1. The molecule has 1 unspecified atom stereocenters. The minimum atomic E-state index is -1.51. The summed E-state index contributed by atoms with van der Waals surface area (Å²) in [6.45, 7) is 1.30. The molecule has 6 nitrogen and oxygen atoms in total. The van der Waals surface area contributed by atoms with Crippen LogP contribution in [0.2, 0.25) is 0 Å². The maximum absolute atomic E-state index is 13.5. The van der Waals surface area contributed by atoms with Crippen molar-refractivity contribution in [2.45, 2.75) is 44.4 Å². The van der Waals surface area contributed by atoms with Crippen LogP contribution in [0.15, 0.2) is 36.4 Å². The molecule has 28 heavy (non-hydrogen) atoms. The topological polar surface area (TPSA) is 87.1 Å². The lowest BCUT2D eigenvalue weighted by molar-refractivity contribution is -0.151. The highest BCUT2D eigenvalue weighted by Gasteiger charge is 2.55. The zero-order valence-corrected chi connectivity index (χ0v) is 15.8. The summed E-state index contributed by atoms with van der Waals surface area (Å²) in [6.07, 6.45) is 3.53. The number of anilines is 1. The first-order valence-corrected chi connectivity index (χ1v) is 9.64. The molecule has 4 rings (SSSR count). The third-order valence-electron chi connectivity index (χ3n) is 5.69. The Hall–Kier alpha value is -2.86. The molecule has 1 aliphatic carbocycles. The van der Waals surface area contributed by atoms with Gasteiger partial charge in [0.05, 0.1) is 12.3 Å². The third kappa shape index (κ3) is 2.59. The Kier molecular flexibility index (Phi) is 4.59. The second kappa shape index (κ2) is 6.95. The Balaban J connectivity index is 1.87. The molecule has 146 valence electrons. The van der Waals surface area contributed by atoms with Crippen molar-refractivity contribution in [1.82, 2.24) is 0 Å². The van der Waals surface area contributed by atoms with Crippen LogP contribution in [-0.4, -0.2) is 28.7 Å². The van der Waals surface area contributed by atoms with E-state index in [1.54, 1.807) is 30.3 Å². The predicted octanol–water partition coefficient (Wildman–Crippen LogP) is 2.76. The van der Waals surface area contributed by atoms with Gasteiger partial charge in [-0.15, -0.1) is 5.06 Å². The van der Waals surface area contributed by atoms with Crippen molar-refractivity contribution in [3.63, 3.8) is 0 Å². The molecule has 1 aliphatic heterocycles. The molecule has 2 aliphatic rings. The molecular formula is C22H23NO5. The summed E-state index contributed by atoms with van der Waals surface area (Å²) in [5.41, 5.74) is 1.91. The monoisotopic (exact) mass is 381 g/mol. The number of carbonyl (C=O) groups excluding carboxylic acids is 2. The van der Waals surface area contributed by atoms with E-state index in [4.69, 9.17) is 4.84 Å². The van der Waals surface area contributed by atoms with Crippen molar-refractivity contribution in [2.75, 3.05) is 11.7 Å². The average Bonchev–Trinajstić information content (AvgIpc) is 3.23. The zero-order chi connectivity index (χ0) is 19.9. The summed E-state index contributed by atoms with van der Waals surface area (Å²) >= 11 is 0. The largest absolute Gasteiger partial charge is 0.508 e. The second-order valence-electron chi connectivity index (χ2n) is 7.39. The molecule has 0 bridgehead atoms. The standard InChI is InChI=1S/C22H23NO5/c1-2-6-20(26)28-23-18-10-4-3-9-16(18)22(13-24,21(23)27)17-11-14-7-5-8-15(14)12-19(17)25/h3-4,9-12,24-25H,2,5-8,13H2,1H3. The van der Waals surface area contributed by atoms with Crippen LogP contribution < -0.4 is 5.06 Å². The van der Waals surface area contributed by atoms with Gasteiger partial charge in [0.15, 0.2) is 0 Å². The maximum Gasteiger partial charge on any atom is 0.333 e. The number of aliphatic hydroxyl groups excluding tert-OH is 1. The highest BCUT2D eigenvalue weighted by Crippen LogP contribution is 2.49. The summed E-state index contributed by atoms with van der Waals surface area (Å²) in [6, 6.07) is 10.4. The highest BCUT2D eigenvalue weighted by molar-refractivity contribution is 6.10. The first kappa shape index (κ1) is 18.5. The number of para-hydroxylation sites is 1. The van der Waals surface area contributed by atoms with Crippen molar-refractivity contribution < 1.29 is 24.6 Å². The van der Waals surface area contributed by atoms with E-state index in [1.807, 2.05) is 13.0 Å². The molecule has 1 heterocycles. The number of benzene rings is 2. The molecule has 1 amide bonds. The highest BCUT2D eigenvalue weighted by atomic mass is 16.7. The van der Waals surface area contributed by atoms with Gasteiger partial charge in [-0.05, 0) is 48.9 Å². The third-order valence-corrected chi connectivity index (χ3v) is 5.69. The molecule has 1 atom stereocenters. The number of hydroxylamine groups is 1. The van der Waals surface area contributed by atoms with Gasteiger partial charge < -0.3 is 15.1 Å². The second-order valence-corrected chi connectivity index (χ2v) is 7.39. The van der Waals surface area contributed by atoms with Crippen LogP contribution in [0.3, 0.4) is 0 Å². The van der Waals surface area contributed by atoms with Crippen LogP contribution in [0.25, 0.3) is 0 Å². The van der Waals surface area contributed by atoms with Gasteiger partial charge in [-0.3, -0.25) is 4.79 Å². The van der Waals surface area contributed by atoms with E-state index < -0.39 is 23.9 Å². The molecule has 0 radical (unpaired) electrons. The van der Waals surface area contributed by atoms with Gasteiger partial charge in [0.1, 0.15) is 11.2 Å². The van der Waals surface area contributed by atoms with Gasteiger partial charge in [0.25, 0.3) is 5.91 Å². The van der Waals surface area contributed by atoms with Crippen molar-refractivity contribution >= 4 is 17.6 Å². The molecule has 0 saturated heterocycles. The SMILES string of the molecule is CCCC(=O)ON1C(=O)C(CO)(c2cc3c(cc2O)CCC3)c2ccccc21. The summed E-state index contributed by atoms with van der Waals surface area (Å²) in [5.74, 6) is -1.12. The molecule has 2 aromatic rings. The average molecular weight is 381 g/mol. The number of aryl methyl sites for hydroxylation is 2. The quantitative estimate of drug-likeness (QED) is 0.832. The fourth-order valence-electron chi connectivity index (χ4n) is 4.30. The zero-order valence-electron chi connectivity index (χ0n) is 15.8. The molecule has 2 N–H and O–H groups in total. The van der Waals surface area contributed by atoms with E-state index in [1.165, 1.54) is 0 Å². The van der Waals surface area contributed by atoms with Crippen LogP contribution >= 0.6 is 0 Å². The normalized spacial score (nSPS) is 20.2. The lowest BCUT2D eigenvalue weighted by Crippen LogP contribution is -2.44. The van der Waals surface area contributed by atoms with Crippen LogP contribution in [0.1, 0.15) is 48.4 Å². The minimum Gasteiger partial charge on any atom is -0.508 e. The fraction of sp³-hybridized carbons (Fsp3) is 0.364. The molecular weight excluding hydrogens is 358 g/mol. The predicted molar refractivity (Wildman–Crippen MR) is 103 cm³/mol. The van der Waals surface area contributed by atoms with Gasteiger partial charge in [-0.2, -0.15) is 0 Å². The van der Waals surface area contributed by atoms with E-state index in [2.05, 4.69) is 0 Å². The van der Waals surface area contributed by atoms with E-state index >= 15 is 0 Å². The fourth-order valence-corrected chi connectivity index (χ4v) is 4.30. The molecule has 0 saturated carbocycles. The first-order chi connectivity index (χ1) is 13.5. The van der Waals surface area contributed by atoms with Gasteiger partial charge in [0, 0.05) is 17.5 Å². The van der Waals surface area contributed by atoms with Gasteiger partial charge >= 0.3 is 5.97 Å². The van der Waals surface area contributed by atoms with Crippen molar-refractivity contribution in [2.24, 2.45) is 0 Å². The van der Waals surface area contributed by atoms with E-state index in [-0.39, 0.29) is 12.2 Å². The summed E-state index contributed by atoms with van der Waals surface area (Å²) in [4.78, 5) is 30.9. The number of phenols is 1. The van der Waals surface area contributed by atoms with E-state index in [9.17, 15) is 19.8 Å². The Morgan fingerprint density at radius 1 is 1.18 bits per heavy atom. The molecule has 0 fully saturated rings. The molecule has 0 aromatic heterocycles. The van der Waals surface area contributed by atoms with Gasteiger partial charge in [0.2, 0.25) is 0 Å². The number of aromatic hydroxyl groups is 1. The molecule has 0 spiro atoms. The van der Waals surface area contributed by atoms with Crippen molar-refractivity contribution in [1.29, 1.82) is 0 Å². The Labute approximate surface area is 163 Å². The van der Waals surface area contributed by atoms with Crippen LogP contribution in [0, 0.1) is 0 Å². The maximum atomic E-state index is 13.5. The summed E-state index contributed by atoms with van der Waals surface area (Å²) in [5, 5.41) is 22.1. The van der Waals surface area contributed by atoms with Gasteiger partial charge in [-0.1, -0.05) is 31.2 Å². The smallest absolute Gasteiger partial charge is 0.333 e. The van der Waals surface area contributed by atoms with Crippen LogP contribution in [0.4, 0.5) is 5.69 Å². The number of amides is 1. The number of hydrogen-bond acceptors (Lipinski definition) is 5. The Morgan fingerprint density at radius 3 is 2.61 bits per heavy atom. The van der Waals surface area contributed by atoms with E-state index in [0.717, 1.165) is 35.5 Å². The number of carbonyl (C=O) groups is 2. The Morgan fingerprint density at radius 2 is 1.89 bits per heavy atom. The number of phenolic OH excluding ortho intramolecular Hbond substituents is 1. The van der Waals surface area contributed by atoms with Crippen molar-refractivity contribution in [3.05, 3.63) is 58.7 Å². The minimum absolute atomic E-state index is 0.0282. The van der Waals surface area contributed by atoms with Crippen LogP contribution in [0.5, 0.6) is 5.75 Å². The number of hydrogen-bond donors (Lipinski definition) is 2. The van der Waals surface area contributed by atoms with Crippen LogP contribution in [-0.2, 0) is 32.7 Å². The lowest BCUT2D eigenvalue weighted by Gasteiger charge is -2.28. The molecule has 2 aromatic carbocycles. The first-order valence-electron chi connectivity index (χ1n) is 9.64. The summed E-state index contributed by atoms with van der Waals surface area (Å²) in [7, 11) is 0. The lowest BCUT2D eigenvalue weighted by atomic mass is 9.75. The van der Waals surface area contributed by atoms with E-state index in [0.29, 0.717) is 23.2 Å². The van der Waals surface area contributed by atoms with Crippen molar-refractivity contribution in [3.8, 4) is 5.75 Å². The molecule has 6 heteroatoms.